The second kappa shape index (κ2) is 8.39. The molecule has 0 radical (unpaired) electrons. The van der Waals surface area contributed by atoms with Crippen molar-refractivity contribution in [2.75, 3.05) is 33.2 Å². The standard InChI is InChI=1S/C15H25N3OS/c1-16-7-6-15(19)17-10-13-4-2-8-18(11-13)12-14-5-3-9-20-14/h3,5,9,13,16H,2,4,6-8,10-12H2,1H3,(H,17,19). The number of rotatable bonds is 7. The largest absolute Gasteiger partial charge is 0.356 e. The lowest BCUT2D eigenvalue weighted by molar-refractivity contribution is -0.121. The number of nitrogens with zero attached hydrogens (tertiary/aromatic N) is 1. The zero-order chi connectivity index (χ0) is 14.2. The molecule has 1 aliphatic heterocycles. The minimum Gasteiger partial charge on any atom is -0.356 e. The van der Waals surface area contributed by atoms with Gasteiger partial charge in [-0.15, -0.1) is 11.3 Å². The number of thiophene rings is 1. The molecule has 1 saturated heterocycles. The summed E-state index contributed by atoms with van der Waals surface area (Å²) >= 11 is 1.83. The molecule has 1 aromatic rings. The predicted molar refractivity (Wildman–Crippen MR) is 83.9 cm³/mol. The summed E-state index contributed by atoms with van der Waals surface area (Å²) in [6.45, 7) is 4.92. The number of carbonyl (C=O) groups is 1. The first-order valence-corrected chi connectivity index (χ1v) is 8.32. The number of amides is 1. The van der Waals surface area contributed by atoms with E-state index in [0.29, 0.717) is 12.3 Å². The molecule has 1 unspecified atom stereocenters. The highest BCUT2D eigenvalue weighted by molar-refractivity contribution is 7.09. The lowest BCUT2D eigenvalue weighted by Crippen LogP contribution is -2.40. The summed E-state index contributed by atoms with van der Waals surface area (Å²) in [5.74, 6) is 0.761. The van der Waals surface area contributed by atoms with Crippen LogP contribution < -0.4 is 10.6 Å². The molecule has 1 atom stereocenters. The van der Waals surface area contributed by atoms with Crippen molar-refractivity contribution in [3.8, 4) is 0 Å². The summed E-state index contributed by atoms with van der Waals surface area (Å²) in [6, 6.07) is 4.32. The van der Waals surface area contributed by atoms with Crippen LogP contribution in [0.5, 0.6) is 0 Å². The SMILES string of the molecule is CNCCC(=O)NCC1CCCN(Cc2cccs2)C1. The van der Waals surface area contributed by atoms with E-state index >= 15 is 0 Å². The molecule has 1 aromatic heterocycles. The molecule has 20 heavy (non-hydrogen) atoms. The lowest BCUT2D eigenvalue weighted by Gasteiger charge is -2.32. The molecular weight excluding hydrogens is 270 g/mol. The van der Waals surface area contributed by atoms with Gasteiger partial charge in [-0.2, -0.15) is 0 Å². The van der Waals surface area contributed by atoms with E-state index in [4.69, 9.17) is 0 Å². The van der Waals surface area contributed by atoms with E-state index in [1.807, 2.05) is 18.4 Å². The fourth-order valence-corrected chi connectivity index (χ4v) is 3.42. The summed E-state index contributed by atoms with van der Waals surface area (Å²) in [7, 11) is 1.87. The van der Waals surface area contributed by atoms with E-state index in [-0.39, 0.29) is 5.91 Å². The highest BCUT2D eigenvalue weighted by atomic mass is 32.1. The van der Waals surface area contributed by atoms with Gasteiger partial charge in [-0.25, -0.2) is 0 Å². The van der Waals surface area contributed by atoms with Gasteiger partial charge < -0.3 is 10.6 Å². The van der Waals surface area contributed by atoms with Crippen molar-refractivity contribution in [1.29, 1.82) is 0 Å². The van der Waals surface area contributed by atoms with E-state index in [1.165, 1.54) is 24.3 Å². The molecule has 1 aliphatic rings. The maximum Gasteiger partial charge on any atom is 0.221 e. The van der Waals surface area contributed by atoms with Crippen LogP contribution in [-0.2, 0) is 11.3 Å². The second-order valence-corrected chi connectivity index (χ2v) is 6.51. The predicted octanol–water partition coefficient (Wildman–Crippen LogP) is 1.69. The monoisotopic (exact) mass is 295 g/mol. The number of hydrogen-bond donors (Lipinski definition) is 2. The van der Waals surface area contributed by atoms with Crippen molar-refractivity contribution in [1.82, 2.24) is 15.5 Å². The Bertz CT molecular complexity index is 394. The van der Waals surface area contributed by atoms with Crippen LogP contribution in [0.3, 0.4) is 0 Å². The fraction of sp³-hybridized carbons (Fsp3) is 0.667. The van der Waals surface area contributed by atoms with E-state index < -0.39 is 0 Å². The Kier molecular flexibility index (Phi) is 6.50. The van der Waals surface area contributed by atoms with Gasteiger partial charge in [-0.05, 0) is 43.8 Å². The highest BCUT2D eigenvalue weighted by Gasteiger charge is 2.20. The Hall–Kier alpha value is -0.910. The van der Waals surface area contributed by atoms with Crippen LogP contribution in [0, 0.1) is 5.92 Å². The molecule has 2 rings (SSSR count). The number of likely N-dealkylation sites (tertiary alicyclic amines) is 1. The molecule has 112 valence electrons. The van der Waals surface area contributed by atoms with Crippen LogP contribution >= 0.6 is 11.3 Å². The van der Waals surface area contributed by atoms with Crippen molar-refractivity contribution in [3.63, 3.8) is 0 Å². The van der Waals surface area contributed by atoms with Crippen molar-refractivity contribution in [2.45, 2.75) is 25.8 Å². The first-order valence-electron chi connectivity index (χ1n) is 7.44. The molecule has 4 nitrogen and oxygen atoms in total. The Morgan fingerprint density at radius 2 is 2.45 bits per heavy atom. The Balaban J connectivity index is 1.69. The molecule has 5 heteroatoms. The van der Waals surface area contributed by atoms with Crippen LogP contribution in [0.4, 0.5) is 0 Å². The van der Waals surface area contributed by atoms with Gasteiger partial charge in [0.05, 0.1) is 0 Å². The van der Waals surface area contributed by atoms with Gasteiger partial charge in [-0.1, -0.05) is 6.07 Å². The molecule has 2 heterocycles. The third kappa shape index (κ3) is 5.23. The summed E-state index contributed by atoms with van der Waals surface area (Å²) in [4.78, 5) is 15.6. The number of piperidine rings is 1. The van der Waals surface area contributed by atoms with Gasteiger partial charge in [0.15, 0.2) is 0 Å². The highest BCUT2D eigenvalue weighted by Crippen LogP contribution is 2.19. The normalized spacial score (nSPS) is 19.9. The summed E-state index contributed by atoms with van der Waals surface area (Å²) < 4.78 is 0. The molecule has 1 amide bonds. The molecule has 0 aliphatic carbocycles. The average molecular weight is 295 g/mol. The average Bonchev–Trinajstić information content (AvgIpc) is 2.96. The lowest BCUT2D eigenvalue weighted by atomic mass is 9.98. The van der Waals surface area contributed by atoms with Crippen LogP contribution in [0.25, 0.3) is 0 Å². The van der Waals surface area contributed by atoms with Crippen LogP contribution in [0.2, 0.25) is 0 Å². The quantitative estimate of drug-likeness (QED) is 0.804. The fourth-order valence-electron chi connectivity index (χ4n) is 2.67. The first kappa shape index (κ1) is 15.5. The van der Waals surface area contributed by atoms with E-state index in [9.17, 15) is 4.79 Å². The van der Waals surface area contributed by atoms with Crippen molar-refractivity contribution < 1.29 is 4.79 Å². The van der Waals surface area contributed by atoms with Crippen LogP contribution in [0.15, 0.2) is 17.5 Å². The molecule has 0 spiro atoms. The van der Waals surface area contributed by atoms with E-state index in [0.717, 1.165) is 26.2 Å². The van der Waals surface area contributed by atoms with Gasteiger partial charge >= 0.3 is 0 Å². The minimum absolute atomic E-state index is 0.162. The van der Waals surface area contributed by atoms with Gasteiger partial charge in [0.1, 0.15) is 0 Å². The molecule has 2 N–H and O–H groups in total. The summed E-state index contributed by atoms with van der Waals surface area (Å²) in [5.41, 5.74) is 0. The van der Waals surface area contributed by atoms with Gasteiger partial charge in [0.2, 0.25) is 5.91 Å². The number of hydrogen-bond acceptors (Lipinski definition) is 4. The van der Waals surface area contributed by atoms with E-state index in [1.54, 1.807) is 0 Å². The molecule has 0 bridgehead atoms. The Labute approximate surface area is 125 Å². The van der Waals surface area contributed by atoms with Crippen LogP contribution in [-0.4, -0.2) is 44.0 Å². The second-order valence-electron chi connectivity index (χ2n) is 5.48. The third-order valence-electron chi connectivity index (χ3n) is 3.75. The third-order valence-corrected chi connectivity index (χ3v) is 4.61. The summed E-state index contributed by atoms with van der Waals surface area (Å²) in [6.07, 6.45) is 3.04. The maximum atomic E-state index is 11.6. The summed E-state index contributed by atoms with van der Waals surface area (Å²) in [5, 5.41) is 8.20. The molecule has 0 aromatic carbocycles. The van der Waals surface area contributed by atoms with Crippen molar-refractivity contribution in [3.05, 3.63) is 22.4 Å². The first-order chi connectivity index (χ1) is 9.78. The molecule has 0 saturated carbocycles. The zero-order valence-corrected chi connectivity index (χ0v) is 13.0. The number of carbonyl (C=O) groups excluding carboxylic acids is 1. The topological polar surface area (TPSA) is 44.4 Å². The van der Waals surface area contributed by atoms with Gasteiger partial charge in [0.25, 0.3) is 0 Å². The Morgan fingerprint density at radius 3 is 3.20 bits per heavy atom. The van der Waals surface area contributed by atoms with Crippen LogP contribution in [0.1, 0.15) is 24.1 Å². The van der Waals surface area contributed by atoms with E-state index in [2.05, 4.69) is 33.0 Å². The smallest absolute Gasteiger partial charge is 0.221 e. The van der Waals surface area contributed by atoms with Crippen molar-refractivity contribution in [2.24, 2.45) is 5.92 Å². The number of nitrogens with one attached hydrogen (secondary N) is 2. The molecular formula is C15H25N3OS. The maximum absolute atomic E-state index is 11.6. The molecule has 1 fully saturated rings. The van der Waals surface area contributed by atoms with Gasteiger partial charge in [-0.3, -0.25) is 9.69 Å². The van der Waals surface area contributed by atoms with Gasteiger partial charge in [0, 0.05) is 37.5 Å². The van der Waals surface area contributed by atoms with Crippen molar-refractivity contribution >= 4 is 17.2 Å². The minimum atomic E-state index is 0.162. The zero-order valence-electron chi connectivity index (χ0n) is 12.2. The Morgan fingerprint density at radius 1 is 1.55 bits per heavy atom.